The monoisotopic (exact) mass is 505 g/mol. The van der Waals surface area contributed by atoms with Gasteiger partial charge in [0.05, 0.1) is 6.20 Å². The van der Waals surface area contributed by atoms with Gasteiger partial charge in [0, 0.05) is 31.0 Å². The predicted octanol–water partition coefficient (Wildman–Crippen LogP) is 3.48. The second kappa shape index (κ2) is 12.3. The van der Waals surface area contributed by atoms with Crippen LogP contribution in [-0.2, 0) is 16.8 Å². The molecule has 0 aromatic carbocycles. The molecule has 0 atom stereocenters. The van der Waals surface area contributed by atoms with E-state index in [2.05, 4.69) is 46.7 Å². The summed E-state index contributed by atoms with van der Waals surface area (Å²) in [6.07, 6.45) is 8.15. The summed E-state index contributed by atoms with van der Waals surface area (Å²) in [5.74, 6) is 2.21. The summed E-state index contributed by atoms with van der Waals surface area (Å²) in [5.41, 5.74) is -0.0661. The second-order valence-corrected chi connectivity index (χ2v) is 8.14. The number of carbonyl (C=O) groups is 1. The van der Waals surface area contributed by atoms with E-state index in [0.29, 0.717) is 37.4 Å². The van der Waals surface area contributed by atoms with Crippen LogP contribution in [0.25, 0.3) is 0 Å². The summed E-state index contributed by atoms with van der Waals surface area (Å²) < 4.78 is 5.77. The summed E-state index contributed by atoms with van der Waals surface area (Å²) in [7, 11) is 0. The molecule has 1 fully saturated rings. The molecule has 0 unspecified atom stereocenters. The van der Waals surface area contributed by atoms with Crippen molar-refractivity contribution >= 4 is 35.8 Å². The minimum Gasteiger partial charge on any atom is -0.443 e. The third-order valence-corrected chi connectivity index (χ3v) is 4.62. The molecule has 0 saturated heterocycles. The van der Waals surface area contributed by atoms with E-state index in [1.807, 2.05) is 6.92 Å². The van der Waals surface area contributed by atoms with Crippen molar-refractivity contribution in [2.75, 3.05) is 13.1 Å². The Kier molecular flexibility index (Phi) is 10.8. The molecule has 1 aromatic rings. The van der Waals surface area contributed by atoms with Gasteiger partial charge in [-0.1, -0.05) is 40.0 Å². The number of aromatic nitrogens is 1. The van der Waals surface area contributed by atoms with Gasteiger partial charge in [0.1, 0.15) is 12.3 Å². The van der Waals surface area contributed by atoms with Gasteiger partial charge in [-0.2, -0.15) is 0 Å². The van der Waals surface area contributed by atoms with Crippen molar-refractivity contribution in [1.82, 2.24) is 20.9 Å². The average molecular weight is 505 g/mol. The molecule has 1 aromatic heterocycles. The van der Waals surface area contributed by atoms with Crippen LogP contribution >= 0.6 is 24.0 Å². The van der Waals surface area contributed by atoms with Gasteiger partial charge in [-0.05, 0) is 19.8 Å². The molecule has 160 valence electrons. The van der Waals surface area contributed by atoms with E-state index < -0.39 is 0 Å². The number of nitrogens with one attached hydrogen (secondary N) is 3. The molecular formula is C20H36IN5O2. The molecule has 3 N–H and O–H groups in total. The van der Waals surface area contributed by atoms with E-state index in [-0.39, 0.29) is 35.3 Å². The summed E-state index contributed by atoms with van der Waals surface area (Å²) in [4.78, 5) is 20.9. The molecule has 1 aliphatic rings. The highest BCUT2D eigenvalue weighted by Gasteiger charge is 2.19. The Balaban J connectivity index is 0.00000392. The van der Waals surface area contributed by atoms with Crippen molar-refractivity contribution < 1.29 is 9.21 Å². The molecule has 0 spiro atoms. The summed E-state index contributed by atoms with van der Waals surface area (Å²) >= 11 is 0. The number of carbonyl (C=O) groups excluding carboxylic acids is 1. The van der Waals surface area contributed by atoms with Crippen LogP contribution in [0, 0.1) is 0 Å². The van der Waals surface area contributed by atoms with Gasteiger partial charge in [0.15, 0.2) is 5.96 Å². The van der Waals surface area contributed by atoms with Gasteiger partial charge >= 0.3 is 0 Å². The molecule has 1 aliphatic carbocycles. The first kappa shape index (κ1) is 24.7. The lowest BCUT2D eigenvalue weighted by atomic mass is 9.94. The molecule has 8 heteroatoms. The number of nitrogens with zero attached hydrogens (tertiary/aromatic N) is 2. The number of hydrogen-bond acceptors (Lipinski definition) is 4. The zero-order valence-electron chi connectivity index (χ0n) is 17.6. The fourth-order valence-electron chi connectivity index (χ4n) is 3.06. The van der Waals surface area contributed by atoms with Crippen LogP contribution in [0.1, 0.15) is 77.9 Å². The Morgan fingerprint density at radius 2 is 1.96 bits per heavy atom. The van der Waals surface area contributed by atoms with Crippen LogP contribution in [0.3, 0.4) is 0 Å². The number of oxazole rings is 1. The Morgan fingerprint density at radius 1 is 1.25 bits per heavy atom. The largest absolute Gasteiger partial charge is 0.443 e. The lowest BCUT2D eigenvalue weighted by Gasteiger charge is -2.22. The van der Waals surface area contributed by atoms with E-state index in [9.17, 15) is 4.79 Å². The first-order chi connectivity index (χ1) is 12.9. The maximum atomic E-state index is 12.1. The van der Waals surface area contributed by atoms with Gasteiger partial charge in [-0.25, -0.2) is 9.98 Å². The van der Waals surface area contributed by atoms with Crippen molar-refractivity contribution in [1.29, 1.82) is 0 Å². The zero-order valence-corrected chi connectivity index (χ0v) is 20.0. The highest BCUT2D eigenvalue weighted by Crippen LogP contribution is 2.22. The van der Waals surface area contributed by atoms with Gasteiger partial charge in [0.2, 0.25) is 11.8 Å². The van der Waals surface area contributed by atoms with Crippen LogP contribution in [-0.4, -0.2) is 36.0 Å². The van der Waals surface area contributed by atoms with E-state index >= 15 is 0 Å². The topological polar surface area (TPSA) is 91.6 Å². The van der Waals surface area contributed by atoms with Crippen molar-refractivity contribution in [2.24, 2.45) is 4.99 Å². The van der Waals surface area contributed by atoms with Crippen molar-refractivity contribution in [2.45, 2.75) is 84.2 Å². The fraction of sp³-hybridized carbons (Fsp3) is 0.750. The van der Waals surface area contributed by atoms with Crippen LogP contribution in [0.4, 0.5) is 0 Å². The SMILES string of the molecule is CCNC(=NCc1ncc(C(C)(C)C)o1)NCCC(=O)NC1CCCCC1.I. The molecule has 2 rings (SSSR count). The Morgan fingerprint density at radius 3 is 2.57 bits per heavy atom. The normalized spacial score (nSPS) is 15.6. The van der Waals surface area contributed by atoms with Gasteiger partial charge in [0.25, 0.3) is 0 Å². The average Bonchev–Trinajstić information content (AvgIpc) is 3.10. The number of rotatable bonds is 7. The molecule has 1 amide bonds. The number of hydrogen-bond donors (Lipinski definition) is 3. The number of guanidine groups is 1. The minimum atomic E-state index is -0.0661. The molecule has 28 heavy (non-hydrogen) atoms. The third-order valence-electron chi connectivity index (χ3n) is 4.62. The molecule has 0 radical (unpaired) electrons. The van der Waals surface area contributed by atoms with Crippen LogP contribution in [0.5, 0.6) is 0 Å². The molecular weight excluding hydrogens is 469 g/mol. The smallest absolute Gasteiger partial charge is 0.221 e. The first-order valence-electron chi connectivity index (χ1n) is 10.1. The third kappa shape index (κ3) is 8.79. The standard InChI is InChI=1S/C20H35N5O2.HI/c1-5-21-19(24-14-18-23-13-16(27-18)20(2,3)4)22-12-11-17(26)25-15-9-7-6-8-10-15;/h13,15H,5-12,14H2,1-4H3,(H,25,26)(H2,21,22,24);1H. The van der Waals surface area contributed by atoms with Crippen LogP contribution < -0.4 is 16.0 Å². The van der Waals surface area contributed by atoms with Crippen molar-refractivity contribution in [3.63, 3.8) is 0 Å². The second-order valence-electron chi connectivity index (χ2n) is 8.14. The molecule has 1 heterocycles. The maximum absolute atomic E-state index is 12.1. The number of aliphatic imine (C=N–C) groups is 1. The summed E-state index contributed by atoms with van der Waals surface area (Å²) in [6.45, 7) is 9.93. The zero-order chi connectivity index (χ0) is 19.7. The van der Waals surface area contributed by atoms with E-state index in [1.54, 1.807) is 6.20 Å². The van der Waals surface area contributed by atoms with E-state index in [1.165, 1.54) is 19.3 Å². The highest BCUT2D eigenvalue weighted by molar-refractivity contribution is 14.0. The van der Waals surface area contributed by atoms with Crippen LogP contribution in [0.15, 0.2) is 15.6 Å². The number of amides is 1. The molecule has 7 nitrogen and oxygen atoms in total. The van der Waals surface area contributed by atoms with E-state index in [0.717, 1.165) is 25.1 Å². The lowest BCUT2D eigenvalue weighted by Crippen LogP contribution is -2.41. The minimum absolute atomic E-state index is 0. The summed E-state index contributed by atoms with van der Waals surface area (Å²) in [6, 6.07) is 0.357. The summed E-state index contributed by atoms with van der Waals surface area (Å²) in [5, 5.41) is 9.52. The molecule has 0 bridgehead atoms. The van der Waals surface area contributed by atoms with E-state index in [4.69, 9.17) is 4.42 Å². The first-order valence-corrected chi connectivity index (χ1v) is 10.1. The quantitative estimate of drug-likeness (QED) is 0.300. The fourth-order valence-corrected chi connectivity index (χ4v) is 3.06. The Labute approximate surface area is 185 Å². The Bertz CT molecular complexity index is 618. The molecule has 1 saturated carbocycles. The van der Waals surface area contributed by atoms with Gasteiger partial charge < -0.3 is 20.4 Å². The van der Waals surface area contributed by atoms with Crippen LogP contribution in [0.2, 0.25) is 0 Å². The predicted molar refractivity (Wildman–Crippen MR) is 123 cm³/mol. The van der Waals surface area contributed by atoms with Crippen molar-refractivity contribution in [3.05, 3.63) is 17.8 Å². The Hall–Kier alpha value is -1.32. The maximum Gasteiger partial charge on any atom is 0.221 e. The van der Waals surface area contributed by atoms with Crippen molar-refractivity contribution in [3.8, 4) is 0 Å². The lowest BCUT2D eigenvalue weighted by molar-refractivity contribution is -0.121. The van der Waals surface area contributed by atoms with Gasteiger partial charge in [-0.3, -0.25) is 4.79 Å². The molecule has 0 aliphatic heterocycles. The van der Waals surface area contributed by atoms with Gasteiger partial charge in [-0.15, -0.1) is 24.0 Å². The number of halogens is 1. The highest BCUT2D eigenvalue weighted by atomic mass is 127.